The van der Waals surface area contributed by atoms with Crippen molar-refractivity contribution in [2.45, 2.75) is 47.0 Å². The average Bonchev–Trinajstić information content (AvgIpc) is 2.24. The van der Waals surface area contributed by atoms with Crippen LogP contribution in [0.2, 0.25) is 0 Å². The molecular weight excluding hydrogens is 178 g/mol. The topological polar surface area (TPSA) is 38.3 Å². The minimum atomic E-state index is -0.00652. The predicted octanol–water partition coefficient (Wildman–Crippen LogP) is 2.36. The van der Waals surface area contributed by atoms with Crippen LogP contribution in [0.4, 0.5) is 0 Å². The number of rotatable bonds is 7. The van der Waals surface area contributed by atoms with E-state index in [4.69, 9.17) is 4.74 Å². The second-order valence-electron chi connectivity index (χ2n) is 2.76. The van der Waals surface area contributed by atoms with Gasteiger partial charge in [-0.2, -0.15) is 0 Å². The van der Waals surface area contributed by atoms with Crippen molar-refractivity contribution in [2.24, 2.45) is 0 Å². The Bertz CT molecular complexity index is 116. The Kier molecular flexibility index (Phi) is 16.9. The number of ether oxygens (including phenoxy) is 1. The lowest BCUT2D eigenvalue weighted by molar-refractivity contribution is -0.125. The Morgan fingerprint density at radius 2 is 1.86 bits per heavy atom. The van der Waals surface area contributed by atoms with Crippen LogP contribution in [-0.2, 0) is 9.53 Å². The van der Waals surface area contributed by atoms with Crippen LogP contribution >= 0.6 is 0 Å². The summed E-state index contributed by atoms with van der Waals surface area (Å²) in [6.07, 6.45) is 3.11. The van der Waals surface area contributed by atoms with Gasteiger partial charge >= 0.3 is 0 Å². The lowest BCUT2D eigenvalue weighted by Crippen LogP contribution is -2.28. The number of unbranched alkanes of at least 4 members (excludes halogenated alkanes) is 1. The maximum Gasteiger partial charge on any atom is 0.245 e. The predicted molar refractivity (Wildman–Crippen MR) is 60.4 cm³/mol. The molecule has 0 bridgehead atoms. The van der Waals surface area contributed by atoms with Crippen LogP contribution in [0, 0.1) is 0 Å². The van der Waals surface area contributed by atoms with E-state index in [1.165, 1.54) is 0 Å². The molecule has 0 aromatic carbocycles. The Morgan fingerprint density at radius 3 is 2.36 bits per heavy atom. The van der Waals surface area contributed by atoms with Gasteiger partial charge in [-0.25, -0.2) is 0 Å². The first-order valence-corrected chi connectivity index (χ1v) is 5.65. The van der Waals surface area contributed by atoms with Crippen molar-refractivity contribution in [1.29, 1.82) is 0 Å². The monoisotopic (exact) mass is 203 g/mol. The first-order chi connectivity index (χ1) is 6.81. The first-order valence-electron chi connectivity index (χ1n) is 5.65. The molecule has 0 radical (unpaired) electrons. The van der Waals surface area contributed by atoms with Crippen molar-refractivity contribution in [3.63, 3.8) is 0 Å². The highest BCUT2D eigenvalue weighted by molar-refractivity contribution is 5.77. The molecule has 0 aliphatic heterocycles. The van der Waals surface area contributed by atoms with E-state index in [0.29, 0.717) is 6.61 Å². The zero-order valence-corrected chi connectivity index (χ0v) is 10.1. The largest absolute Gasteiger partial charge is 0.372 e. The average molecular weight is 203 g/mol. The molecule has 1 N–H and O–H groups in total. The summed E-state index contributed by atoms with van der Waals surface area (Å²) < 4.78 is 5.12. The van der Waals surface area contributed by atoms with Gasteiger partial charge in [-0.15, -0.1) is 0 Å². The lowest BCUT2D eigenvalue weighted by Gasteiger charge is -2.03. The van der Waals surface area contributed by atoms with Crippen molar-refractivity contribution in [3.05, 3.63) is 0 Å². The zero-order chi connectivity index (χ0) is 11.2. The molecule has 1 amide bonds. The van der Waals surface area contributed by atoms with Crippen molar-refractivity contribution in [2.75, 3.05) is 19.8 Å². The summed E-state index contributed by atoms with van der Waals surface area (Å²) in [4.78, 5) is 10.9. The van der Waals surface area contributed by atoms with Crippen LogP contribution in [0.1, 0.15) is 47.0 Å². The summed E-state index contributed by atoms with van der Waals surface area (Å²) in [5, 5.41) is 2.75. The summed E-state index contributed by atoms with van der Waals surface area (Å²) >= 11 is 0. The highest BCUT2D eigenvalue weighted by atomic mass is 16.5. The quantitative estimate of drug-likeness (QED) is 0.645. The smallest absolute Gasteiger partial charge is 0.245 e. The molecule has 0 aromatic heterocycles. The summed E-state index contributed by atoms with van der Waals surface area (Å²) in [5.41, 5.74) is 0. The molecular formula is C11H25NO2. The molecule has 3 heteroatoms. The lowest BCUT2D eigenvalue weighted by atomic mass is 10.4. The van der Waals surface area contributed by atoms with Gasteiger partial charge in [0.25, 0.3) is 0 Å². The van der Waals surface area contributed by atoms with E-state index in [1.54, 1.807) is 0 Å². The summed E-state index contributed by atoms with van der Waals surface area (Å²) in [5.74, 6) is -0.00652. The van der Waals surface area contributed by atoms with Crippen LogP contribution < -0.4 is 5.32 Å². The normalized spacial score (nSPS) is 8.86. The molecule has 0 spiro atoms. The second-order valence-corrected chi connectivity index (χ2v) is 2.76. The molecule has 0 aliphatic rings. The molecule has 86 valence electrons. The number of hydrogen-bond donors (Lipinski definition) is 1. The highest BCUT2D eigenvalue weighted by Crippen LogP contribution is 1.87. The van der Waals surface area contributed by atoms with Gasteiger partial charge in [-0.1, -0.05) is 34.1 Å². The summed E-state index contributed by atoms with van der Waals surface area (Å²) in [7, 11) is 0. The molecule has 0 unspecified atom stereocenters. The third-order valence-corrected chi connectivity index (χ3v) is 1.45. The second kappa shape index (κ2) is 14.9. The molecule has 3 nitrogen and oxygen atoms in total. The maximum absolute atomic E-state index is 10.9. The maximum atomic E-state index is 10.9. The van der Waals surface area contributed by atoms with Gasteiger partial charge in [0.05, 0.1) is 0 Å². The van der Waals surface area contributed by atoms with Gasteiger partial charge in [0, 0.05) is 13.2 Å². The van der Waals surface area contributed by atoms with Gasteiger partial charge in [0.2, 0.25) is 5.91 Å². The van der Waals surface area contributed by atoms with Gasteiger partial charge in [0.1, 0.15) is 6.61 Å². The van der Waals surface area contributed by atoms with Crippen LogP contribution in [-0.4, -0.2) is 25.7 Å². The number of carbonyl (C=O) groups excluding carboxylic acids is 1. The molecule has 0 aromatic rings. The Labute approximate surface area is 88.2 Å². The Balaban J connectivity index is 0. The molecule has 0 fully saturated rings. The molecule has 14 heavy (non-hydrogen) atoms. The van der Waals surface area contributed by atoms with E-state index < -0.39 is 0 Å². The molecule has 0 aliphatic carbocycles. The van der Waals surface area contributed by atoms with Crippen molar-refractivity contribution < 1.29 is 9.53 Å². The minimum Gasteiger partial charge on any atom is -0.372 e. The number of amides is 1. The Morgan fingerprint density at radius 1 is 1.21 bits per heavy atom. The van der Waals surface area contributed by atoms with E-state index in [-0.39, 0.29) is 12.5 Å². The van der Waals surface area contributed by atoms with E-state index in [2.05, 4.69) is 12.2 Å². The third kappa shape index (κ3) is 14.0. The molecule has 0 saturated carbocycles. The van der Waals surface area contributed by atoms with Crippen molar-refractivity contribution in [3.8, 4) is 0 Å². The minimum absolute atomic E-state index is 0.00652. The molecule has 0 heterocycles. The Hall–Kier alpha value is -0.570. The van der Waals surface area contributed by atoms with Gasteiger partial charge in [-0.3, -0.25) is 4.79 Å². The summed E-state index contributed by atoms with van der Waals surface area (Å²) in [6, 6.07) is 0. The van der Waals surface area contributed by atoms with Gasteiger partial charge < -0.3 is 10.1 Å². The number of nitrogens with one attached hydrogen (secondary N) is 1. The fourth-order valence-corrected chi connectivity index (χ4v) is 0.727. The molecule has 0 atom stereocenters. The van der Waals surface area contributed by atoms with Crippen LogP contribution in [0.5, 0.6) is 0 Å². The van der Waals surface area contributed by atoms with Gasteiger partial charge in [0.15, 0.2) is 0 Å². The third-order valence-electron chi connectivity index (χ3n) is 1.45. The first kappa shape index (κ1) is 15.9. The van der Waals surface area contributed by atoms with Crippen LogP contribution in [0.15, 0.2) is 0 Å². The highest BCUT2D eigenvalue weighted by Gasteiger charge is 1.97. The van der Waals surface area contributed by atoms with Crippen LogP contribution in [0.3, 0.4) is 0 Å². The van der Waals surface area contributed by atoms with E-state index in [9.17, 15) is 4.79 Å². The van der Waals surface area contributed by atoms with Gasteiger partial charge in [-0.05, 0) is 12.8 Å². The molecule has 0 rings (SSSR count). The van der Waals surface area contributed by atoms with Crippen molar-refractivity contribution >= 4 is 5.91 Å². The van der Waals surface area contributed by atoms with E-state index in [1.807, 2.05) is 20.8 Å². The number of hydrogen-bond acceptors (Lipinski definition) is 2. The summed E-state index contributed by atoms with van der Waals surface area (Å²) in [6.45, 7) is 9.77. The SMILES string of the molecule is CC.CCCCOCC(=O)NCCC. The van der Waals surface area contributed by atoms with Crippen molar-refractivity contribution in [1.82, 2.24) is 5.32 Å². The molecule has 0 saturated heterocycles. The fraction of sp³-hybridized carbons (Fsp3) is 0.909. The fourth-order valence-electron chi connectivity index (χ4n) is 0.727. The van der Waals surface area contributed by atoms with E-state index in [0.717, 1.165) is 25.8 Å². The number of carbonyl (C=O) groups is 1. The van der Waals surface area contributed by atoms with E-state index >= 15 is 0 Å². The standard InChI is InChI=1S/C9H19NO2.C2H6/c1-3-5-7-12-8-9(11)10-6-4-2;1-2/h3-8H2,1-2H3,(H,10,11);1-2H3. The zero-order valence-electron chi connectivity index (χ0n) is 10.1. The van der Waals surface area contributed by atoms with Crippen LogP contribution in [0.25, 0.3) is 0 Å².